The molecule has 0 saturated carbocycles. The van der Waals surface area contributed by atoms with Gasteiger partial charge in [0.25, 0.3) is 0 Å². The number of sulfonamides is 1. The number of nitrogens with one attached hydrogen (secondary N) is 2. The van der Waals surface area contributed by atoms with Crippen molar-refractivity contribution in [1.82, 2.24) is 5.32 Å². The predicted octanol–water partition coefficient (Wildman–Crippen LogP) is -1.00. The highest BCUT2D eigenvalue weighted by molar-refractivity contribution is 7.89. The number of carbonyl (C=O) groups excluding carboxylic acids is 1. The van der Waals surface area contributed by atoms with E-state index in [2.05, 4.69) is 10.6 Å². The summed E-state index contributed by atoms with van der Waals surface area (Å²) in [7, 11) is -3.77. The number of anilines is 2. The van der Waals surface area contributed by atoms with Gasteiger partial charge in [0.15, 0.2) is 0 Å². The molecule has 0 aliphatic rings. The van der Waals surface area contributed by atoms with Crippen LogP contribution in [0.3, 0.4) is 0 Å². The highest BCUT2D eigenvalue weighted by Gasteiger charge is 2.09. The number of hydrogen-bond acceptors (Lipinski definition) is 5. The van der Waals surface area contributed by atoms with Gasteiger partial charge in [0.05, 0.1) is 16.3 Å². The normalized spacial score (nSPS) is 10.9. The summed E-state index contributed by atoms with van der Waals surface area (Å²) in [4.78, 5) is 10.4. The zero-order valence-corrected chi connectivity index (χ0v) is 10.3. The van der Waals surface area contributed by atoms with Crippen LogP contribution in [0.25, 0.3) is 0 Å². The Balaban J connectivity index is 2.73. The second kappa shape index (κ2) is 5.56. The second-order valence-corrected chi connectivity index (χ2v) is 5.07. The van der Waals surface area contributed by atoms with E-state index in [-0.39, 0.29) is 11.4 Å². The first kappa shape index (κ1) is 14.1. The van der Waals surface area contributed by atoms with E-state index in [1.165, 1.54) is 18.2 Å². The topological polar surface area (TPSA) is 153 Å². The molecular formula is C9H15N5O3S. The third-order valence-electron chi connectivity index (χ3n) is 2.09. The van der Waals surface area contributed by atoms with Gasteiger partial charge in [-0.15, -0.1) is 0 Å². The molecule has 0 aromatic heterocycles. The van der Waals surface area contributed by atoms with Crippen molar-refractivity contribution in [2.24, 2.45) is 10.9 Å². The first-order valence-electron chi connectivity index (χ1n) is 5.00. The third-order valence-corrected chi connectivity index (χ3v) is 3.00. The van der Waals surface area contributed by atoms with E-state index in [0.29, 0.717) is 17.9 Å². The molecule has 0 saturated heterocycles. The molecule has 0 unspecified atom stereocenters. The number of hydrogen-bond donors (Lipinski definition) is 5. The van der Waals surface area contributed by atoms with Crippen LogP contribution in [0.5, 0.6) is 0 Å². The maximum Gasteiger partial charge on any atom is 0.312 e. The second-order valence-electron chi connectivity index (χ2n) is 3.51. The summed E-state index contributed by atoms with van der Waals surface area (Å²) in [5, 5.41) is 10.2. The molecule has 0 bridgehead atoms. The molecule has 0 heterocycles. The molecule has 0 aliphatic heterocycles. The molecule has 100 valence electrons. The number of amides is 2. The fourth-order valence-electron chi connectivity index (χ4n) is 1.25. The Morgan fingerprint density at radius 1 is 1.28 bits per heavy atom. The van der Waals surface area contributed by atoms with E-state index >= 15 is 0 Å². The Morgan fingerprint density at radius 2 is 1.94 bits per heavy atom. The van der Waals surface area contributed by atoms with E-state index in [4.69, 9.17) is 16.6 Å². The first-order chi connectivity index (χ1) is 8.30. The lowest BCUT2D eigenvalue weighted by molar-refractivity contribution is 0.249. The van der Waals surface area contributed by atoms with Crippen molar-refractivity contribution in [2.75, 3.05) is 24.1 Å². The van der Waals surface area contributed by atoms with Crippen molar-refractivity contribution in [1.29, 1.82) is 0 Å². The molecule has 1 rings (SSSR count). The minimum atomic E-state index is -3.77. The molecule has 0 aliphatic carbocycles. The summed E-state index contributed by atoms with van der Waals surface area (Å²) in [6.45, 7) is 0.635. The quantitative estimate of drug-likeness (QED) is 0.344. The van der Waals surface area contributed by atoms with Crippen LogP contribution >= 0.6 is 0 Å². The molecule has 0 atom stereocenters. The highest BCUT2D eigenvalue weighted by Crippen LogP contribution is 2.21. The smallest absolute Gasteiger partial charge is 0.312 e. The van der Waals surface area contributed by atoms with Gasteiger partial charge >= 0.3 is 6.03 Å². The minimum Gasteiger partial charge on any atom is -0.397 e. The molecule has 1 aromatic carbocycles. The van der Waals surface area contributed by atoms with E-state index in [1.807, 2.05) is 0 Å². The SMILES string of the molecule is NC(=O)NCCNc1cc(S(N)(=O)=O)ccc1N. The van der Waals surface area contributed by atoms with Gasteiger partial charge in [0, 0.05) is 13.1 Å². The average Bonchev–Trinajstić information content (AvgIpc) is 2.24. The van der Waals surface area contributed by atoms with Gasteiger partial charge in [0.2, 0.25) is 10.0 Å². The van der Waals surface area contributed by atoms with Gasteiger partial charge in [-0.3, -0.25) is 0 Å². The van der Waals surface area contributed by atoms with Gasteiger partial charge in [-0.1, -0.05) is 0 Å². The lowest BCUT2D eigenvalue weighted by atomic mass is 10.2. The summed E-state index contributed by atoms with van der Waals surface area (Å²) in [6.07, 6.45) is 0. The minimum absolute atomic E-state index is 0.0398. The van der Waals surface area contributed by atoms with Crippen LogP contribution in [-0.4, -0.2) is 27.5 Å². The van der Waals surface area contributed by atoms with E-state index < -0.39 is 16.1 Å². The van der Waals surface area contributed by atoms with Crippen LogP contribution < -0.4 is 27.2 Å². The standard InChI is InChI=1S/C9H15N5O3S/c10-7-2-1-6(18(12,16)17)5-8(7)13-3-4-14-9(11)15/h1-2,5,13H,3-4,10H2,(H3,11,14,15)(H2,12,16,17). The molecule has 0 radical (unpaired) electrons. The molecular weight excluding hydrogens is 258 g/mol. The van der Waals surface area contributed by atoms with Crippen LogP contribution in [0.1, 0.15) is 0 Å². The van der Waals surface area contributed by atoms with Gasteiger partial charge < -0.3 is 22.1 Å². The van der Waals surface area contributed by atoms with E-state index in [1.54, 1.807) is 0 Å². The molecule has 18 heavy (non-hydrogen) atoms. The van der Waals surface area contributed by atoms with Gasteiger partial charge in [0.1, 0.15) is 0 Å². The fraction of sp³-hybridized carbons (Fsp3) is 0.222. The van der Waals surface area contributed by atoms with Gasteiger partial charge in [-0.25, -0.2) is 18.4 Å². The highest BCUT2D eigenvalue weighted by atomic mass is 32.2. The van der Waals surface area contributed by atoms with Crippen molar-refractivity contribution >= 4 is 27.4 Å². The predicted molar refractivity (Wildman–Crippen MR) is 68.3 cm³/mol. The summed E-state index contributed by atoms with van der Waals surface area (Å²) in [5.41, 5.74) is 11.3. The van der Waals surface area contributed by atoms with E-state index in [0.717, 1.165) is 0 Å². The summed E-state index contributed by atoms with van der Waals surface area (Å²) < 4.78 is 22.3. The molecule has 2 amide bonds. The summed E-state index contributed by atoms with van der Waals surface area (Å²) >= 11 is 0. The van der Waals surface area contributed by atoms with Crippen LogP contribution in [-0.2, 0) is 10.0 Å². The number of nitrogens with two attached hydrogens (primary N) is 3. The van der Waals surface area contributed by atoms with Gasteiger partial charge in [-0.2, -0.15) is 0 Å². The molecule has 9 heteroatoms. The third kappa shape index (κ3) is 4.11. The lowest BCUT2D eigenvalue weighted by Crippen LogP contribution is -2.33. The van der Waals surface area contributed by atoms with Crippen molar-refractivity contribution in [3.63, 3.8) is 0 Å². The number of primary amides is 1. The molecule has 1 aromatic rings. The number of carbonyl (C=O) groups is 1. The summed E-state index contributed by atoms with van der Waals surface area (Å²) in [6, 6.07) is 3.44. The molecule has 8 N–H and O–H groups in total. The maximum absolute atomic E-state index is 11.2. The van der Waals surface area contributed by atoms with Crippen LogP contribution in [0, 0.1) is 0 Å². The maximum atomic E-state index is 11.2. The van der Waals surface area contributed by atoms with Crippen LogP contribution in [0.15, 0.2) is 23.1 Å². The van der Waals surface area contributed by atoms with E-state index in [9.17, 15) is 13.2 Å². The van der Waals surface area contributed by atoms with Crippen molar-refractivity contribution in [2.45, 2.75) is 4.90 Å². The van der Waals surface area contributed by atoms with Gasteiger partial charge in [-0.05, 0) is 18.2 Å². The number of urea groups is 1. The Labute approximate surface area is 105 Å². The largest absolute Gasteiger partial charge is 0.397 e. The Morgan fingerprint density at radius 3 is 2.50 bits per heavy atom. The molecule has 0 spiro atoms. The Bertz CT molecular complexity index is 543. The van der Waals surface area contributed by atoms with Crippen molar-refractivity contribution in [3.8, 4) is 0 Å². The lowest BCUT2D eigenvalue weighted by Gasteiger charge is -2.10. The first-order valence-corrected chi connectivity index (χ1v) is 6.55. The summed E-state index contributed by atoms with van der Waals surface area (Å²) in [5.74, 6) is 0. The number of primary sulfonamides is 1. The molecule has 8 nitrogen and oxygen atoms in total. The fourth-order valence-corrected chi connectivity index (χ4v) is 1.79. The molecule has 0 fully saturated rings. The Hall–Kier alpha value is -2.00. The zero-order chi connectivity index (χ0) is 13.8. The van der Waals surface area contributed by atoms with Crippen molar-refractivity contribution < 1.29 is 13.2 Å². The Kier molecular flexibility index (Phi) is 4.34. The van der Waals surface area contributed by atoms with Crippen molar-refractivity contribution in [3.05, 3.63) is 18.2 Å². The van der Waals surface area contributed by atoms with Crippen LogP contribution in [0.2, 0.25) is 0 Å². The zero-order valence-electron chi connectivity index (χ0n) is 9.51. The number of rotatable bonds is 5. The number of benzene rings is 1. The number of nitrogen functional groups attached to an aromatic ring is 1. The monoisotopic (exact) mass is 273 g/mol. The average molecular weight is 273 g/mol. The van der Waals surface area contributed by atoms with Crippen LogP contribution in [0.4, 0.5) is 16.2 Å².